The zero-order valence-electron chi connectivity index (χ0n) is 19.8. The van der Waals surface area contributed by atoms with Crippen molar-refractivity contribution in [2.24, 2.45) is 11.8 Å². The Bertz CT molecular complexity index is 1060. The van der Waals surface area contributed by atoms with Gasteiger partial charge < -0.3 is 18.9 Å². The third kappa shape index (κ3) is 5.79. The molecule has 1 heterocycles. The number of ether oxygens (including phenoxy) is 4. The fourth-order valence-electron chi connectivity index (χ4n) is 5.32. The molecule has 0 aromatic heterocycles. The lowest BCUT2D eigenvalue weighted by Crippen LogP contribution is -2.41. The molecule has 7 heteroatoms. The van der Waals surface area contributed by atoms with Crippen LogP contribution < -0.4 is 0 Å². The van der Waals surface area contributed by atoms with E-state index in [2.05, 4.69) is 16.9 Å². The summed E-state index contributed by atoms with van der Waals surface area (Å²) in [5, 5.41) is 8.98. The number of carbonyl (C=O) groups is 1. The van der Waals surface area contributed by atoms with Crippen LogP contribution in [-0.2, 0) is 35.8 Å². The fourth-order valence-corrected chi connectivity index (χ4v) is 5.32. The van der Waals surface area contributed by atoms with Crippen LogP contribution in [0.4, 0.5) is 4.39 Å². The molecule has 1 saturated heterocycles. The van der Waals surface area contributed by atoms with Gasteiger partial charge in [0.15, 0.2) is 0 Å². The molecular formula is C28H30FNO5. The monoisotopic (exact) mass is 479 g/mol. The molecule has 1 aliphatic carbocycles. The highest BCUT2D eigenvalue weighted by Gasteiger charge is 2.59. The van der Waals surface area contributed by atoms with Gasteiger partial charge in [0.05, 0.1) is 51.3 Å². The van der Waals surface area contributed by atoms with Crippen molar-refractivity contribution >= 4 is 5.97 Å². The van der Waals surface area contributed by atoms with E-state index in [1.54, 1.807) is 12.1 Å². The molecule has 0 unspecified atom stereocenters. The minimum Gasteiger partial charge on any atom is -0.467 e. The van der Waals surface area contributed by atoms with E-state index in [-0.39, 0.29) is 35.8 Å². The number of hydrogen-bond acceptors (Lipinski definition) is 6. The number of hydrogen-bond donors (Lipinski definition) is 0. The standard InChI is InChI=1S/C28H30FNO5/c1-32-27(31)18-33-13-3-2-4-25-24(17-34-16-21-7-5-20(15-30)6-8-21)26-14-28(25,19-35-26)22-9-11-23(29)12-10-22/h2-3,5-12,24-26H,4,13-14,16-19H2,1H3/b3-2+/t24-,25-,26-,28-/m0/s1. The lowest BCUT2D eigenvalue weighted by molar-refractivity contribution is -0.145. The topological polar surface area (TPSA) is 77.8 Å². The number of fused-ring (bicyclic) bond motifs is 2. The summed E-state index contributed by atoms with van der Waals surface area (Å²) in [4.78, 5) is 11.2. The molecule has 0 N–H and O–H groups in total. The number of allylic oxidation sites excluding steroid dienone is 1. The summed E-state index contributed by atoms with van der Waals surface area (Å²) in [5.41, 5.74) is 2.54. The van der Waals surface area contributed by atoms with Crippen LogP contribution >= 0.6 is 0 Å². The maximum absolute atomic E-state index is 13.6. The zero-order valence-corrected chi connectivity index (χ0v) is 19.8. The molecule has 2 aliphatic rings. The van der Waals surface area contributed by atoms with E-state index in [1.807, 2.05) is 30.3 Å². The Morgan fingerprint density at radius 1 is 1.17 bits per heavy atom. The molecule has 6 nitrogen and oxygen atoms in total. The fraction of sp³-hybridized carbons (Fsp3) is 0.429. The first-order valence-electron chi connectivity index (χ1n) is 11.8. The summed E-state index contributed by atoms with van der Waals surface area (Å²) in [6.45, 7) is 1.86. The second kappa shape index (κ2) is 11.6. The van der Waals surface area contributed by atoms with Crippen molar-refractivity contribution in [1.29, 1.82) is 5.26 Å². The van der Waals surface area contributed by atoms with Crippen molar-refractivity contribution in [3.63, 3.8) is 0 Å². The van der Waals surface area contributed by atoms with Crippen LogP contribution in [0.15, 0.2) is 60.7 Å². The van der Waals surface area contributed by atoms with E-state index < -0.39 is 5.97 Å². The van der Waals surface area contributed by atoms with Crippen LogP contribution in [-0.4, -0.2) is 45.6 Å². The van der Waals surface area contributed by atoms with Crippen LogP contribution in [0.2, 0.25) is 0 Å². The van der Waals surface area contributed by atoms with Crippen molar-refractivity contribution in [3.05, 3.63) is 83.2 Å². The van der Waals surface area contributed by atoms with Crippen molar-refractivity contribution in [3.8, 4) is 6.07 Å². The van der Waals surface area contributed by atoms with Crippen molar-refractivity contribution < 1.29 is 28.1 Å². The van der Waals surface area contributed by atoms with Crippen molar-refractivity contribution in [2.45, 2.75) is 31.0 Å². The van der Waals surface area contributed by atoms with Crippen molar-refractivity contribution in [2.75, 3.05) is 33.5 Å². The average molecular weight is 480 g/mol. The minimum atomic E-state index is -0.404. The van der Waals surface area contributed by atoms with E-state index in [1.165, 1.54) is 19.2 Å². The minimum absolute atomic E-state index is 0.0779. The van der Waals surface area contributed by atoms with Gasteiger partial charge in [-0.2, -0.15) is 5.26 Å². The van der Waals surface area contributed by atoms with Gasteiger partial charge in [0.1, 0.15) is 12.4 Å². The highest BCUT2D eigenvalue weighted by molar-refractivity contribution is 5.70. The molecule has 2 aromatic rings. The Kier molecular flexibility index (Phi) is 8.29. The molecule has 184 valence electrons. The molecule has 0 amide bonds. The second-order valence-electron chi connectivity index (χ2n) is 9.11. The molecule has 0 spiro atoms. The summed E-state index contributed by atoms with van der Waals surface area (Å²) in [6, 6.07) is 16.3. The molecule has 4 rings (SSSR count). The first-order chi connectivity index (χ1) is 17.1. The van der Waals surface area contributed by atoms with Gasteiger partial charge in [0.2, 0.25) is 0 Å². The van der Waals surface area contributed by atoms with Crippen LogP contribution in [0, 0.1) is 29.0 Å². The van der Waals surface area contributed by atoms with Gasteiger partial charge in [-0.15, -0.1) is 0 Å². The summed E-state index contributed by atoms with van der Waals surface area (Å²) < 4.78 is 35.8. The van der Waals surface area contributed by atoms with Crippen LogP contribution in [0.3, 0.4) is 0 Å². The van der Waals surface area contributed by atoms with Gasteiger partial charge >= 0.3 is 5.97 Å². The molecule has 4 atom stereocenters. The number of carbonyl (C=O) groups excluding carboxylic acids is 1. The summed E-state index contributed by atoms with van der Waals surface area (Å²) >= 11 is 0. The van der Waals surface area contributed by atoms with Gasteiger partial charge in [-0.3, -0.25) is 0 Å². The quantitative estimate of drug-likeness (QED) is 0.271. The number of halogens is 1. The third-order valence-corrected chi connectivity index (χ3v) is 7.12. The number of rotatable bonds is 11. The number of methoxy groups -OCH3 is 1. The van der Waals surface area contributed by atoms with E-state index >= 15 is 0 Å². The first-order valence-corrected chi connectivity index (χ1v) is 11.8. The maximum Gasteiger partial charge on any atom is 0.331 e. The van der Waals surface area contributed by atoms with Gasteiger partial charge in [-0.1, -0.05) is 36.4 Å². The molecule has 1 saturated carbocycles. The normalized spacial score (nSPS) is 25.1. The molecule has 2 bridgehead atoms. The Labute approximate surface area is 205 Å². The summed E-state index contributed by atoms with van der Waals surface area (Å²) in [5.74, 6) is -0.212. The molecular weight excluding hydrogens is 449 g/mol. The SMILES string of the molecule is COC(=O)COC/C=C/C[C@H]1[C@H](COCc2ccc(C#N)cc2)[C@@H]2C[C@@]1(c1ccc(F)cc1)CO2. The number of nitrogens with zero attached hydrogens (tertiary/aromatic N) is 1. The maximum atomic E-state index is 13.6. The van der Waals surface area contributed by atoms with Crippen LogP contribution in [0.5, 0.6) is 0 Å². The summed E-state index contributed by atoms with van der Waals surface area (Å²) in [6.07, 6.45) is 5.75. The number of nitriles is 1. The van der Waals surface area contributed by atoms with Gasteiger partial charge in [0.25, 0.3) is 0 Å². The average Bonchev–Trinajstić information content (AvgIpc) is 3.45. The van der Waals surface area contributed by atoms with E-state index in [9.17, 15) is 9.18 Å². The predicted octanol–water partition coefficient (Wildman–Crippen LogP) is 4.32. The molecule has 0 radical (unpaired) electrons. The van der Waals surface area contributed by atoms with E-state index in [0.717, 1.165) is 24.0 Å². The van der Waals surface area contributed by atoms with Crippen molar-refractivity contribution in [1.82, 2.24) is 0 Å². The highest BCUT2D eigenvalue weighted by Crippen LogP contribution is 2.56. The summed E-state index contributed by atoms with van der Waals surface area (Å²) in [7, 11) is 1.33. The van der Waals surface area contributed by atoms with Gasteiger partial charge in [0, 0.05) is 11.3 Å². The lowest BCUT2D eigenvalue weighted by Gasteiger charge is -2.39. The smallest absolute Gasteiger partial charge is 0.331 e. The molecule has 35 heavy (non-hydrogen) atoms. The Hall–Kier alpha value is -3.05. The highest BCUT2D eigenvalue weighted by atomic mass is 19.1. The zero-order chi connectivity index (χ0) is 24.7. The molecule has 2 aromatic carbocycles. The van der Waals surface area contributed by atoms with Crippen LogP contribution in [0.25, 0.3) is 0 Å². The molecule has 2 fully saturated rings. The largest absolute Gasteiger partial charge is 0.467 e. The van der Waals surface area contributed by atoms with E-state index in [0.29, 0.717) is 32.0 Å². The van der Waals surface area contributed by atoms with Gasteiger partial charge in [-0.05, 0) is 54.2 Å². The second-order valence-corrected chi connectivity index (χ2v) is 9.11. The Balaban J connectivity index is 1.43. The number of benzene rings is 2. The third-order valence-electron chi connectivity index (χ3n) is 7.12. The van der Waals surface area contributed by atoms with E-state index in [4.69, 9.17) is 19.5 Å². The number of esters is 1. The lowest BCUT2D eigenvalue weighted by atomic mass is 9.69. The first kappa shape index (κ1) is 25.1. The predicted molar refractivity (Wildman–Crippen MR) is 127 cm³/mol. The van der Waals surface area contributed by atoms with Crippen LogP contribution in [0.1, 0.15) is 29.5 Å². The Morgan fingerprint density at radius 2 is 1.94 bits per heavy atom. The Morgan fingerprint density at radius 3 is 2.66 bits per heavy atom. The van der Waals surface area contributed by atoms with Gasteiger partial charge in [-0.25, -0.2) is 9.18 Å². The molecule has 1 aliphatic heterocycles.